The van der Waals surface area contributed by atoms with Crippen LogP contribution >= 0.6 is 35.2 Å². The molecule has 2 aliphatic heterocycles. The van der Waals surface area contributed by atoms with Crippen LogP contribution in [0.3, 0.4) is 0 Å². The third kappa shape index (κ3) is 3.34. The zero-order valence-electron chi connectivity index (χ0n) is 16.0. The van der Waals surface area contributed by atoms with Gasteiger partial charge in [0.25, 0.3) is 11.8 Å². The van der Waals surface area contributed by atoms with Gasteiger partial charge in [-0.1, -0.05) is 42.0 Å². The van der Waals surface area contributed by atoms with E-state index in [9.17, 15) is 9.59 Å². The number of benzene rings is 2. The molecule has 1 N–H and O–H groups in total. The van der Waals surface area contributed by atoms with E-state index in [0.717, 1.165) is 4.70 Å². The molecule has 0 spiro atoms. The van der Waals surface area contributed by atoms with Crippen molar-refractivity contribution in [2.75, 3.05) is 11.8 Å². The Balaban J connectivity index is 1.37. The fourth-order valence-electron chi connectivity index (χ4n) is 3.46. The summed E-state index contributed by atoms with van der Waals surface area (Å²) in [6.07, 6.45) is 0. The van der Waals surface area contributed by atoms with Gasteiger partial charge >= 0.3 is 0 Å². The van der Waals surface area contributed by atoms with Crippen molar-refractivity contribution in [3.05, 3.63) is 52.4 Å². The molecular weight excluding hydrogens is 458 g/mol. The number of carbonyl (C=O) groups excluding carboxylic acids is 2. The highest BCUT2D eigenvalue weighted by Crippen LogP contribution is 2.43. The predicted octanol–water partition coefficient (Wildman–Crippen LogP) is 4.38. The Morgan fingerprint density at radius 2 is 1.97 bits per heavy atom. The van der Waals surface area contributed by atoms with Crippen LogP contribution in [-0.4, -0.2) is 29.3 Å². The average molecular weight is 472 g/mol. The quantitative estimate of drug-likeness (QED) is 0.573. The van der Waals surface area contributed by atoms with E-state index in [1.54, 1.807) is 31.2 Å². The Kier molecular flexibility index (Phi) is 4.88. The van der Waals surface area contributed by atoms with Crippen LogP contribution in [0, 0.1) is 5.92 Å². The Labute approximate surface area is 191 Å². The summed E-state index contributed by atoms with van der Waals surface area (Å²) in [4.78, 5) is 26.2. The lowest BCUT2D eigenvalue weighted by Crippen LogP contribution is -2.41. The topological polar surface area (TPSA) is 80.2 Å². The van der Waals surface area contributed by atoms with Crippen molar-refractivity contribution in [1.29, 1.82) is 0 Å². The first-order chi connectivity index (χ1) is 14.9. The molecule has 3 heterocycles. The molecule has 1 aromatic heterocycles. The van der Waals surface area contributed by atoms with E-state index in [0.29, 0.717) is 38.2 Å². The van der Waals surface area contributed by atoms with Crippen LogP contribution in [-0.2, 0) is 4.79 Å². The number of nitrogens with one attached hydrogen (secondary N) is 1. The molecule has 7 nitrogen and oxygen atoms in total. The maximum atomic E-state index is 12.9. The van der Waals surface area contributed by atoms with Crippen LogP contribution in [0.1, 0.15) is 16.6 Å². The molecule has 0 saturated heterocycles. The van der Waals surface area contributed by atoms with Gasteiger partial charge in [0.05, 0.1) is 16.4 Å². The number of hydrazone groups is 1. The number of amides is 2. The number of nitrogens with zero attached hydrogens (tertiary/aromatic N) is 2. The number of para-hydroxylation sites is 1. The molecule has 0 bridgehead atoms. The first-order valence-electron chi connectivity index (χ1n) is 9.25. The van der Waals surface area contributed by atoms with E-state index in [-0.39, 0.29) is 17.7 Å². The second-order valence-electron chi connectivity index (χ2n) is 6.93. The van der Waals surface area contributed by atoms with E-state index in [1.807, 2.05) is 18.2 Å². The van der Waals surface area contributed by atoms with Gasteiger partial charge in [-0.25, -0.2) is 0 Å². The summed E-state index contributed by atoms with van der Waals surface area (Å²) >= 11 is 13.1. The number of rotatable bonds is 3. The molecule has 0 radical (unpaired) electrons. The van der Waals surface area contributed by atoms with E-state index in [1.165, 1.54) is 16.3 Å². The van der Waals surface area contributed by atoms with Gasteiger partial charge in [0.15, 0.2) is 11.5 Å². The minimum atomic E-state index is -0.821. The molecule has 31 heavy (non-hydrogen) atoms. The summed E-state index contributed by atoms with van der Waals surface area (Å²) in [5, 5.41) is 9.27. The molecule has 2 aromatic carbocycles. The van der Waals surface area contributed by atoms with E-state index >= 15 is 0 Å². The lowest BCUT2D eigenvalue weighted by Gasteiger charge is -2.15. The Bertz CT molecular complexity index is 1290. The summed E-state index contributed by atoms with van der Waals surface area (Å²) in [6.45, 7) is 1.86. The lowest BCUT2D eigenvalue weighted by atomic mass is 10.0. The highest BCUT2D eigenvalue weighted by molar-refractivity contribution is 7.80. The van der Waals surface area contributed by atoms with Crippen LogP contribution in [0.4, 0.5) is 5.69 Å². The second kappa shape index (κ2) is 7.60. The van der Waals surface area contributed by atoms with Crippen molar-refractivity contribution in [3.8, 4) is 11.5 Å². The van der Waals surface area contributed by atoms with Crippen molar-refractivity contribution in [2.45, 2.75) is 6.92 Å². The first-order valence-corrected chi connectivity index (χ1v) is 10.9. The monoisotopic (exact) mass is 471 g/mol. The van der Waals surface area contributed by atoms with E-state index in [2.05, 4.69) is 10.4 Å². The van der Waals surface area contributed by atoms with Crippen molar-refractivity contribution in [1.82, 2.24) is 5.32 Å². The largest absolute Gasteiger partial charge is 0.454 e. The van der Waals surface area contributed by atoms with Crippen LogP contribution in [0.2, 0.25) is 5.02 Å². The molecular formula is C21H14ClN3O4S2. The number of halogens is 1. The van der Waals surface area contributed by atoms with Crippen molar-refractivity contribution in [2.24, 2.45) is 11.0 Å². The van der Waals surface area contributed by atoms with Crippen LogP contribution in [0.15, 0.2) is 47.6 Å². The van der Waals surface area contributed by atoms with Gasteiger partial charge in [0, 0.05) is 16.2 Å². The highest BCUT2D eigenvalue weighted by atomic mass is 35.5. The SMILES string of the molecule is CC1=NN(c2ccccc2)C(=O)C1C(=S)NC(=O)c1sc2cc3c(cc2c1Cl)OCO3. The third-order valence-electron chi connectivity index (χ3n) is 4.96. The van der Waals surface area contributed by atoms with Crippen LogP contribution in [0.25, 0.3) is 10.1 Å². The summed E-state index contributed by atoms with van der Waals surface area (Å²) < 4.78 is 11.6. The van der Waals surface area contributed by atoms with E-state index < -0.39 is 11.8 Å². The number of hydrogen-bond acceptors (Lipinski definition) is 7. The third-order valence-corrected chi connectivity index (χ3v) is 6.95. The number of ether oxygens (including phenoxy) is 2. The van der Waals surface area contributed by atoms with Gasteiger partial charge in [-0.3, -0.25) is 9.59 Å². The van der Waals surface area contributed by atoms with Crippen molar-refractivity contribution in [3.63, 3.8) is 0 Å². The smallest absolute Gasteiger partial charge is 0.267 e. The Hall–Kier alpha value is -3.01. The number of fused-ring (bicyclic) bond motifs is 2. The number of hydrogen-bond donors (Lipinski definition) is 1. The standard InChI is InChI=1S/C21H14ClN3O4S2/c1-10-16(21(27)25(24-10)11-5-3-2-4-6-11)20(30)23-19(26)18-17(22)12-7-13-14(29-9-28-13)8-15(12)31-18/h2-8,16H,9H2,1H3,(H,23,26,30). The molecule has 0 fully saturated rings. The Morgan fingerprint density at radius 3 is 2.71 bits per heavy atom. The van der Waals surface area contributed by atoms with Gasteiger partial charge in [-0.05, 0) is 25.1 Å². The molecule has 1 unspecified atom stereocenters. The molecule has 0 saturated carbocycles. The molecule has 1 atom stereocenters. The van der Waals surface area contributed by atoms with Crippen LogP contribution < -0.4 is 19.8 Å². The average Bonchev–Trinajstić information content (AvgIpc) is 3.43. The number of carbonyl (C=O) groups is 2. The molecule has 2 aliphatic rings. The number of anilines is 1. The molecule has 5 rings (SSSR count). The number of thiophene rings is 1. The summed E-state index contributed by atoms with van der Waals surface area (Å²) in [6, 6.07) is 12.6. The van der Waals surface area contributed by atoms with Gasteiger partial charge < -0.3 is 14.8 Å². The maximum absolute atomic E-state index is 12.9. The molecule has 0 aliphatic carbocycles. The first kappa shape index (κ1) is 19.9. The normalized spacial score (nSPS) is 17.2. The number of thiocarbonyl (C=S) groups is 1. The molecule has 2 amide bonds. The van der Waals surface area contributed by atoms with Gasteiger partial charge in [0.2, 0.25) is 6.79 Å². The zero-order chi connectivity index (χ0) is 21.7. The lowest BCUT2D eigenvalue weighted by molar-refractivity contribution is -0.118. The van der Waals surface area contributed by atoms with Gasteiger partial charge in [-0.15, -0.1) is 11.3 Å². The minimum absolute atomic E-state index is 0.0809. The highest BCUT2D eigenvalue weighted by Gasteiger charge is 2.38. The molecule has 10 heteroatoms. The van der Waals surface area contributed by atoms with Crippen LogP contribution in [0.5, 0.6) is 11.5 Å². The molecule has 156 valence electrons. The molecule has 3 aromatic rings. The fourth-order valence-corrected chi connectivity index (χ4v) is 5.24. The van der Waals surface area contributed by atoms with Crippen molar-refractivity contribution >= 4 is 73.4 Å². The van der Waals surface area contributed by atoms with Crippen molar-refractivity contribution < 1.29 is 19.1 Å². The second-order valence-corrected chi connectivity index (χ2v) is 8.80. The van der Waals surface area contributed by atoms with Gasteiger partial charge in [0.1, 0.15) is 15.8 Å². The summed E-state index contributed by atoms with van der Waals surface area (Å²) in [5.74, 6) is -0.423. The van der Waals surface area contributed by atoms with E-state index in [4.69, 9.17) is 33.3 Å². The predicted molar refractivity (Wildman–Crippen MR) is 124 cm³/mol. The zero-order valence-corrected chi connectivity index (χ0v) is 18.4. The maximum Gasteiger partial charge on any atom is 0.267 e. The summed E-state index contributed by atoms with van der Waals surface area (Å²) in [7, 11) is 0. The Morgan fingerprint density at radius 1 is 1.26 bits per heavy atom. The van der Waals surface area contributed by atoms with Gasteiger partial charge in [-0.2, -0.15) is 10.1 Å². The summed E-state index contributed by atoms with van der Waals surface area (Å²) in [5.41, 5.74) is 1.14. The fraction of sp³-hybridized carbons (Fsp3) is 0.143. The minimum Gasteiger partial charge on any atom is -0.454 e.